The fourth-order valence-corrected chi connectivity index (χ4v) is 4.87. The molecule has 28 heavy (non-hydrogen) atoms. The molecule has 0 aromatic heterocycles. The Hall–Kier alpha value is -2.33. The molecule has 4 nitrogen and oxygen atoms in total. The van der Waals surface area contributed by atoms with Gasteiger partial charge in [0, 0.05) is 41.6 Å². The minimum atomic E-state index is 0.0111. The molecular weight excluding hydrogens is 346 g/mol. The van der Waals surface area contributed by atoms with E-state index in [1.807, 2.05) is 12.1 Å². The Morgan fingerprint density at radius 3 is 2.21 bits per heavy atom. The first-order valence-electron chi connectivity index (χ1n) is 10.6. The quantitative estimate of drug-likeness (QED) is 0.800. The van der Waals surface area contributed by atoms with Crippen LogP contribution < -0.4 is 10.2 Å². The Morgan fingerprint density at radius 1 is 1.00 bits per heavy atom. The summed E-state index contributed by atoms with van der Waals surface area (Å²) in [6, 6.07) is 20.7. The van der Waals surface area contributed by atoms with Crippen LogP contribution in [0.15, 0.2) is 54.6 Å². The molecule has 1 amide bonds. The summed E-state index contributed by atoms with van der Waals surface area (Å²) in [6.07, 6.45) is 5.97. The highest BCUT2D eigenvalue weighted by atomic mass is 16.1. The van der Waals surface area contributed by atoms with E-state index >= 15 is 0 Å². The second kappa shape index (κ2) is 8.36. The van der Waals surface area contributed by atoms with Gasteiger partial charge in [-0.05, 0) is 75.5 Å². The van der Waals surface area contributed by atoms with E-state index in [9.17, 15) is 4.79 Å². The second-order valence-electron chi connectivity index (χ2n) is 8.18. The molecule has 2 aliphatic rings. The summed E-state index contributed by atoms with van der Waals surface area (Å²) in [5.74, 6) is 0.0111. The van der Waals surface area contributed by atoms with Crippen molar-refractivity contribution in [2.45, 2.75) is 57.2 Å². The van der Waals surface area contributed by atoms with Crippen molar-refractivity contribution >= 4 is 17.3 Å². The van der Waals surface area contributed by atoms with Gasteiger partial charge in [0.1, 0.15) is 0 Å². The average Bonchev–Trinajstić information content (AvgIpc) is 2.93. The van der Waals surface area contributed by atoms with Gasteiger partial charge in [-0.2, -0.15) is 0 Å². The van der Waals surface area contributed by atoms with Crippen molar-refractivity contribution in [3.63, 3.8) is 0 Å². The summed E-state index contributed by atoms with van der Waals surface area (Å²) in [4.78, 5) is 17.3. The molecule has 2 heterocycles. The first-order valence-corrected chi connectivity index (χ1v) is 10.6. The van der Waals surface area contributed by atoms with Crippen LogP contribution in [0.25, 0.3) is 0 Å². The number of hydrogen-bond donors (Lipinski definition) is 1. The number of benzene rings is 2. The Morgan fingerprint density at radius 2 is 1.61 bits per heavy atom. The van der Waals surface area contributed by atoms with Crippen LogP contribution in [0.1, 0.15) is 49.4 Å². The molecule has 2 atom stereocenters. The summed E-state index contributed by atoms with van der Waals surface area (Å²) in [5, 5.41) is 2.96. The lowest BCUT2D eigenvalue weighted by atomic mass is 9.95. The van der Waals surface area contributed by atoms with Crippen LogP contribution in [0, 0.1) is 0 Å². The molecule has 148 valence electrons. The number of rotatable bonds is 6. The van der Waals surface area contributed by atoms with Crippen molar-refractivity contribution in [3.8, 4) is 0 Å². The molecule has 2 aliphatic heterocycles. The fraction of sp³-hybridized carbons (Fsp3) is 0.458. The summed E-state index contributed by atoms with van der Waals surface area (Å²) in [6.45, 7) is 2.78. The minimum Gasteiger partial charge on any atom is -0.352 e. The smallest absolute Gasteiger partial charge is 0.251 e. The highest BCUT2D eigenvalue weighted by molar-refractivity contribution is 5.94. The molecule has 2 unspecified atom stereocenters. The van der Waals surface area contributed by atoms with Crippen LogP contribution in [0.2, 0.25) is 0 Å². The first kappa shape index (κ1) is 19.0. The molecule has 4 rings (SSSR count). The number of fused-ring (bicyclic) bond motifs is 2. The van der Waals surface area contributed by atoms with Crippen molar-refractivity contribution in [1.29, 1.82) is 0 Å². The largest absolute Gasteiger partial charge is 0.352 e. The Balaban J connectivity index is 1.60. The zero-order chi connectivity index (χ0) is 19.5. The van der Waals surface area contributed by atoms with E-state index in [-0.39, 0.29) is 5.91 Å². The number of hydrogen-bond acceptors (Lipinski definition) is 3. The molecule has 0 aliphatic carbocycles. The lowest BCUT2D eigenvalue weighted by Crippen LogP contribution is -2.47. The van der Waals surface area contributed by atoms with Crippen LogP contribution in [0.3, 0.4) is 0 Å². The Kier molecular flexibility index (Phi) is 5.67. The lowest BCUT2D eigenvalue weighted by Gasteiger charge is -2.43. The van der Waals surface area contributed by atoms with Gasteiger partial charge in [0.25, 0.3) is 5.91 Å². The molecule has 2 saturated heterocycles. The zero-order valence-electron chi connectivity index (χ0n) is 17.0. The number of anilines is 2. The number of carbonyl (C=O) groups is 1. The van der Waals surface area contributed by atoms with Gasteiger partial charge in [-0.25, -0.2) is 0 Å². The Labute approximate surface area is 168 Å². The van der Waals surface area contributed by atoms with Crippen molar-refractivity contribution in [1.82, 2.24) is 10.2 Å². The number of amides is 1. The summed E-state index contributed by atoms with van der Waals surface area (Å²) in [7, 11) is 2.29. The average molecular weight is 378 g/mol. The molecule has 0 saturated carbocycles. The van der Waals surface area contributed by atoms with Crippen LogP contribution in [0.5, 0.6) is 0 Å². The van der Waals surface area contributed by atoms with Gasteiger partial charge >= 0.3 is 0 Å². The molecule has 2 bridgehead atoms. The van der Waals surface area contributed by atoms with E-state index in [4.69, 9.17) is 0 Å². The molecule has 2 fully saturated rings. The van der Waals surface area contributed by atoms with Crippen LogP contribution in [-0.2, 0) is 0 Å². The van der Waals surface area contributed by atoms with E-state index in [0.29, 0.717) is 18.1 Å². The van der Waals surface area contributed by atoms with E-state index in [1.54, 1.807) is 0 Å². The van der Waals surface area contributed by atoms with E-state index < -0.39 is 0 Å². The van der Waals surface area contributed by atoms with Crippen molar-refractivity contribution in [2.24, 2.45) is 0 Å². The molecular formula is C24H31N3O. The van der Waals surface area contributed by atoms with Crippen LogP contribution in [0.4, 0.5) is 11.4 Å². The lowest BCUT2D eigenvalue weighted by molar-refractivity contribution is 0.0953. The van der Waals surface area contributed by atoms with E-state index in [2.05, 4.69) is 71.6 Å². The molecule has 4 heteroatoms. The van der Waals surface area contributed by atoms with Gasteiger partial charge < -0.3 is 15.1 Å². The summed E-state index contributed by atoms with van der Waals surface area (Å²) < 4.78 is 0. The van der Waals surface area contributed by atoms with E-state index in [0.717, 1.165) is 18.5 Å². The summed E-state index contributed by atoms with van der Waals surface area (Å²) >= 11 is 0. The monoisotopic (exact) mass is 377 g/mol. The Bertz CT molecular complexity index is 775. The number of para-hydroxylation sites is 1. The number of nitrogens with one attached hydrogen (secondary N) is 1. The van der Waals surface area contributed by atoms with Crippen LogP contribution in [-0.4, -0.2) is 42.5 Å². The van der Waals surface area contributed by atoms with Gasteiger partial charge in [0.05, 0.1) is 0 Å². The van der Waals surface area contributed by atoms with Gasteiger partial charge in [0.15, 0.2) is 0 Å². The molecule has 1 N–H and O–H groups in total. The predicted molar refractivity (Wildman–Crippen MR) is 115 cm³/mol. The normalized spacial score (nSPS) is 24.1. The van der Waals surface area contributed by atoms with E-state index in [1.165, 1.54) is 37.1 Å². The molecule has 0 radical (unpaired) electrons. The third kappa shape index (κ3) is 3.79. The standard InChI is InChI=1S/C24H31N3O/c1-3-15-25-24(28)18-9-11-20(12-10-18)27(19-7-5-4-6-8-19)23-16-21-13-14-22(17-23)26(21)2/h4-12,21-23H,3,13-17H2,1-2H3,(H,25,28). The van der Waals surface area contributed by atoms with Crippen LogP contribution >= 0.6 is 0 Å². The number of piperidine rings is 1. The zero-order valence-corrected chi connectivity index (χ0v) is 17.0. The number of carbonyl (C=O) groups excluding carboxylic acids is 1. The third-order valence-electron chi connectivity index (χ3n) is 6.42. The minimum absolute atomic E-state index is 0.0111. The van der Waals surface area contributed by atoms with Crippen molar-refractivity contribution in [2.75, 3.05) is 18.5 Å². The van der Waals surface area contributed by atoms with Gasteiger partial charge in [-0.3, -0.25) is 4.79 Å². The predicted octanol–water partition coefficient (Wildman–Crippen LogP) is 4.59. The van der Waals surface area contributed by atoms with Crippen molar-refractivity contribution < 1.29 is 4.79 Å². The topological polar surface area (TPSA) is 35.6 Å². The third-order valence-corrected chi connectivity index (χ3v) is 6.42. The number of nitrogens with zero attached hydrogens (tertiary/aromatic N) is 2. The summed E-state index contributed by atoms with van der Waals surface area (Å²) in [5.41, 5.74) is 3.14. The first-order chi connectivity index (χ1) is 13.7. The molecule has 0 spiro atoms. The highest BCUT2D eigenvalue weighted by Crippen LogP contribution is 2.40. The fourth-order valence-electron chi connectivity index (χ4n) is 4.87. The van der Waals surface area contributed by atoms with Gasteiger partial charge in [-0.15, -0.1) is 0 Å². The maximum absolute atomic E-state index is 12.3. The van der Waals surface area contributed by atoms with Gasteiger partial charge in [-0.1, -0.05) is 25.1 Å². The second-order valence-corrected chi connectivity index (χ2v) is 8.18. The van der Waals surface area contributed by atoms with Crippen molar-refractivity contribution in [3.05, 3.63) is 60.2 Å². The van der Waals surface area contributed by atoms with Gasteiger partial charge in [0.2, 0.25) is 0 Å². The molecule has 2 aromatic carbocycles. The highest BCUT2D eigenvalue weighted by Gasteiger charge is 2.40. The SMILES string of the molecule is CCCNC(=O)c1ccc(N(c2ccccc2)C2CC3CCC(C2)N3C)cc1. The maximum atomic E-state index is 12.3. The molecule has 2 aromatic rings. The maximum Gasteiger partial charge on any atom is 0.251 e.